The first kappa shape index (κ1) is 38.8. The summed E-state index contributed by atoms with van der Waals surface area (Å²) in [5.74, 6) is 1.88. The van der Waals surface area contributed by atoms with Crippen LogP contribution in [-0.4, -0.2) is 19.5 Å². The lowest BCUT2D eigenvalue weighted by atomic mass is 9.82. The van der Waals surface area contributed by atoms with Crippen molar-refractivity contribution in [3.05, 3.63) is 216 Å². The van der Waals surface area contributed by atoms with Crippen LogP contribution in [0.25, 0.3) is 117 Å². The molecule has 322 valence electrons. The molecule has 5 heteroatoms. The van der Waals surface area contributed by atoms with Gasteiger partial charge < -0.3 is 8.98 Å². The van der Waals surface area contributed by atoms with Gasteiger partial charge in [0.2, 0.25) is 0 Å². The van der Waals surface area contributed by atoms with Gasteiger partial charge in [-0.25, -0.2) is 15.0 Å². The van der Waals surface area contributed by atoms with Crippen LogP contribution in [0.3, 0.4) is 0 Å². The van der Waals surface area contributed by atoms with Crippen molar-refractivity contribution in [3.63, 3.8) is 0 Å². The molecule has 0 spiro atoms. The zero-order chi connectivity index (χ0) is 45.5. The Morgan fingerprint density at radius 1 is 0.353 bits per heavy atom. The molecule has 12 aromatic rings. The van der Waals surface area contributed by atoms with Crippen molar-refractivity contribution in [3.8, 4) is 73.2 Å². The summed E-state index contributed by atoms with van der Waals surface area (Å²) in [5, 5.41) is 4.67. The van der Waals surface area contributed by atoms with E-state index in [0.717, 1.165) is 55.4 Å². The molecule has 68 heavy (non-hydrogen) atoms. The topological polar surface area (TPSA) is 56.7 Å². The molecule has 0 amide bonds. The van der Waals surface area contributed by atoms with E-state index in [0.29, 0.717) is 17.5 Å². The molecule has 0 saturated heterocycles. The molecule has 2 aliphatic carbocycles. The van der Waals surface area contributed by atoms with E-state index >= 15 is 0 Å². The molecule has 0 saturated carbocycles. The summed E-state index contributed by atoms with van der Waals surface area (Å²) >= 11 is 0. The monoisotopic (exact) mass is 872 g/mol. The van der Waals surface area contributed by atoms with Crippen molar-refractivity contribution in [1.29, 1.82) is 0 Å². The highest BCUT2D eigenvalue weighted by molar-refractivity contribution is 6.15. The summed E-state index contributed by atoms with van der Waals surface area (Å²) in [6.45, 7) is 9.48. The summed E-state index contributed by atoms with van der Waals surface area (Å²) < 4.78 is 9.39. The van der Waals surface area contributed by atoms with Gasteiger partial charge in [0, 0.05) is 60.3 Å². The van der Waals surface area contributed by atoms with E-state index in [1.54, 1.807) is 0 Å². The highest BCUT2D eigenvalue weighted by atomic mass is 16.3. The van der Waals surface area contributed by atoms with E-state index in [-0.39, 0.29) is 10.8 Å². The second kappa shape index (κ2) is 14.1. The minimum atomic E-state index is -0.138. The van der Waals surface area contributed by atoms with Gasteiger partial charge in [-0.05, 0) is 98.6 Å². The third kappa shape index (κ3) is 5.53. The standard InChI is InChI=1S/C63H44N4O/c1-62(2)51-27-13-11-23-43(51)46-33-48-49-34-47-44-24-12-14-28-52(44)63(3,4)54(47)36-56(49)67(55(48)35-53(46)62)41-29-30-57-50(32-41)45-26-16-25-42(58(45)68-57)39-21-15-22-40(31-39)61-65-59(37-17-7-5-8-18-37)64-60(66-61)38-19-9-6-10-20-38/h5-36H,1-4H3. The van der Waals surface area contributed by atoms with Crippen LogP contribution in [0, 0.1) is 0 Å². The molecule has 2 aliphatic rings. The second-order valence-electron chi connectivity index (χ2n) is 19.6. The van der Waals surface area contributed by atoms with Crippen molar-refractivity contribution in [1.82, 2.24) is 19.5 Å². The summed E-state index contributed by atoms with van der Waals surface area (Å²) in [6, 6.07) is 69.7. The van der Waals surface area contributed by atoms with Crippen molar-refractivity contribution in [2.24, 2.45) is 0 Å². The molecule has 0 N–H and O–H groups in total. The molecular formula is C63H44N4O. The lowest BCUT2D eigenvalue weighted by Crippen LogP contribution is -2.15. The average Bonchev–Trinajstić information content (AvgIpc) is 4.05. The van der Waals surface area contributed by atoms with Crippen LogP contribution in [-0.2, 0) is 10.8 Å². The molecule has 9 aromatic carbocycles. The van der Waals surface area contributed by atoms with Gasteiger partial charge in [-0.15, -0.1) is 0 Å². The lowest BCUT2D eigenvalue weighted by molar-refractivity contribution is 0.660. The smallest absolute Gasteiger partial charge is 0.164 e. The molecule has 0 unspecified atom stereocenters. The number of furan rings is 1. The third-order valence-corrected chi connectivity index (χ3v) is 15.0. The van der Waals surface area contributed by atoms with E-state index in [9.17, 15) is 0 Å². The maximum Gasteiger partial charge on any atom is 0.164 e. The maximum absolute atomic E-state index is 6.88. The maximum atomic E-state index is 6.88. The number of hydrogen-bond donors (Lipinski definition) is 0. The summed E-state index contributed by atoms with van der Waals surface area (Å²) in [5.41, 5.74) is 20.6. The number of rotatable bonds is 5. The van der Waals surface area contributed by atoms with E-state index in [1.807, 2.05) is 60.7 Å². The molecule has 0 fully saturated rings. The number of para-hydroxylation sites is 1. The Balaban J connectivity index is 0.945. The molecule has 0 aliphatic heterocycles. The normalized spacial score (nSPS) is 14.1. The Bertz CT molecular complexity index is 3900. The number of aromatic nitrogens is 4. The highest BCUT2D eigenvalue weighted by Gasteiger charge is 2.38. The number of fused-ring (bicyclic) bond motifs is 12. The minimum absolute atomic E-state index is 0.138. The van der Waals surface area contributed by atoms with E-state index < -0.39 is 0 Å². The Labute approximate surface area is 394 Å². The van der Waals surface area contributed by atoms with Crippen molar-refractivity contribution in [2.75, 3.05) is 0 Å². The molecular weight excluding hydrogens is 829 g/mol. The zero-order valence-electron chi connectivity index (χ0n) is 38.2. The Morgan fingerprint density at radius 2 is 0.838 bits per heavy atom. The Morgan fingerprint density at radius 3 is 1.43 bits per heavy atom. The van der Waals surface area contributed by atoms with Crippen molar-refractivity contribution < 1.29 is 4.42 Å². The molecule has 0 bridgehead atoms. The lowest BCUT2D eigenvalue weighted by Gasteiger charge is -2.22. The van der Waals surface area contributed by atoms with Crippen LogP contribution in [0.1, 0.15) is 49.9 Å². The fourth-order valence-corrected chi connectivity index (χ4v) is 11.6. The number of nitrogens with zero attached hydrogens (tertiary/aromatic N) is 4. The second-order valence-corrected chi connectivity index (χ2v) is 19.6. The van der Waals surface area contributed by atoms with Gasteiger partial charge in [0.25, 0.3) is 0 Å². The minimum Gasteiger partial charge on any atom is -0.455 e. The van der Waals surface area contributed by atoms with Gasteiger partial charge in [0.15, 0.2) is 17.5 Å². The van der Waals surface area contributed by atoms with Gasteiger partial charge in [-0.3, -0.25) is 0 Å². The Hall–Kier alpha value is -8.41. The van der Waals surface area contributed by atoms with Gasteiger partial charge in [-0.1, -0.05) is 173 Å². The van der Waals surface area contributed by atoms with Crippen molar-refractivity contribution >= 4 is 43.7 Å². The molecule has 0 radical (unpaired) electrons. The largest absolute Gasteiger partial charge is 0.455 e. The van der Waals surface area contributed by atoms with Gasteiger partial charge in [-0.2, -0.15) is 0 Å². The van der Waals surface area contributed by atoms with Crippen LogP contribution >= 0.6 is 0 Å². The average molecular weight is 873 g/mol. The fourth-order valence-electron chi connectivity index (χ4n) is 11.6. The van der Waals surface area contributed by atoms with Gasteiger partial charge >= 0.3 is 0 Å². The molecule has 3 aromatic heterocycles. The number of benzene rings is 9. The predicted molar refractivity (Wildman–Crippen MR) is 278 cm³/mol. The van der Waals surface area contributed by atoms with Crippen LogP contribution in [0.2, 0.25) is 0 Å². The summed E-state index contributed by atoms with van der Waals surface area (Å²) in [7, 11) is 0. The first-order chi connectivity index (χ1) is 33.2. The molecule has 14 rings (SSSR count). The number of hydrogen-bond acceptors (Lipinski definition) is 4. The SMILES string of the molecule is CC1(C)c2ccccc2-c2cc3c4cc5c(cc4n(-c4ccc6oc7c(-c8cccc(-c9nc(-c%10ccccc%10)nc(-c%10ccccc%10)n9)c8)cccc7c6c4)c3cc21)C(C)(C)c1ccccc1-5. The van der Waals surface area contributed by atoms with Gasteiger partial charge in [0.05, 0.1) is 11.0 Å². The summed E-state index contributed by atoms with van der Waals surface area (Å²) in [6.07, 6.45) is 0. The van der Waals surface area contributed by atoms with Crippen LogP contribution in [0.4, 0.5) is 0 Å². The van der Waals surface area contributed by atoms with E-state index in [2.05, 4.69) is 166 Å². The first-order valence-corrected chi connectivity index (χ1v) is 23.5. The first-order valence-electron chi connectivity index (χ1n) is 23.5. The molecule has 3 heterocycles. The summed E-state index contributed by atoms with van der Waals surface area (Å²) in [4.78, 5) is 15.0. The highest BCUT2D eigenvalue weighted by Crippen LogP contribution is 2.54. The van der Waals surface area contributed by atoms with Crippen LogP contribution in [0.15, 0.2) is 199 Å². The molecule has 5 nitrogen and oxygen atoms in total. The van der Waals surface area contributed by atoms with Crippen molar-refractivity contribution in [2.45, 2.75) is 38.5 Å². The van der Waals surface area contributed by atoms with E-state index in [4.69, 9.17) is 19.4 Å². The molecule has 0 atom stereocenters. The zero-order valence-corrected chi connectivity index (χ0v) is 38.2. The predicted octanol–water partition coefficient (Wildman–Crippen LogP) is 16.1. The third-order valence-electron chi connectivity index (χ3n) is 15.0. The quantitative estimate of drug-likeness (QED) is 0.173. The van der Waals surface area contributed by atoms with Gasteiger partial charge in [0.1, 0.15) is 11.2 Å². The van der Waals surface area contributed by atoms with Crippen LogP contribution in [0.5, 0.6) is 0 Å². The van der Waals surface area contributed by atoms with E-state index in [1.165, 1.54) is 66.3 Å². The van der Waals surface area contributed by atoms with Crippen LogP contribution < -0.4 is 0 Å². The Kier molecular flexibility index (Phi) is 8.02. The fraction of sp³-hybridized carbons (Fsp3) is 0.0952.